The number of nitrogens with one attached hydrogen (secondary N) is 2. The van der Waals surface area contributed by atoms with E-state index in [-0.39, 0.29) is 11.6 Å². The number of pyridine rings is 1. The van der Waals surface area contributed by atoms with Crippen molar-refractivity contribution in [2.45, 2.75) is 6.92 Å². The number of ether oxygens (including phenoxy) is 1. The second-order valence-electron chi connectivity index (χ2n) is 5.59. The van der Waals surface area contributed by atoms with E-state index in [9.17, 15) is 14.0 Å². The van der Waals surface area contributed by atoms with Gasteiger partial charge in [0.1, 0.15) is 5.82 Å². The van der Waals surface area contributed by atoms with E-state index in [1.165, 1.54) is 19.2 Å². The number of anilines is 2. The van der Waals surface area contributed by atoms with Crippen molar-refractivity contribution in [3.8, 4) is 0 Å². The third-order valence-electron chi connectivity index (χ3n) is 3.74. The van der Waals surface area contributed by atoms with Crippen molar-refractivity contribution in [1.29, 1.82) is 0 Å². The van der Waals surface area contributed by atoms with E-state index in [2.05, 4.69) is 20.4 Å². The van der Waals surface area contributed by atoms with Crippen molar-refractivity contribution >= 4 is 34.3 Å². The van der Waals surface area contributed by atoms with Crippen molar-refractivity contribution in [2.24, 2.45) is 0 Å². The fraction of sp³-hybridized carbons (Fsp3) is 0.105. The number of benzene rings is 2. The van der Waals surface area contributed by atoms with E-state index in [1.807, 2.05) is 24.3 Å². The Balaban J connectivity index is 1.91. The number of carbonyl (C=O) groups excluding carboxylic acids is 2. The van der Waals surface area contributed by atoms with Crippen molar-refractivity contribution in [3.63, 3.8) is 0 Å². The van der Waals surface area contributed by atoms with Gasteiger partial charge in [-0.15, -0.1) is 0 Å². The molecule has 132 valence electrons. The Morgan fingerprint density at radius 3 is 2.62 bits per heavy atom. The number of rotatable bonds is 3. The van der Waals surface area contributed by atoms with Crippen LogP contribution in [-0.2, 0) is 4.74 Å². The Morgan fingerprint density at radius 2 is 1.85 bits per heavy atom. The summed E-state index contributed by atoms with van der Waals surface area (Å²) in [5.74, 6) is -0.999. The molecular formula is C19H16FN3O3. The molecule has 0 aliphatic carbocycles. The van der Waals surface area contributed by atoms with E-state index < -0.39 is 11.9 Å². The maximum absolute atomic E-state index is 13.8. The molecule has 2 aromatic carbocycles. The van der Waals surface area contributed by atoms with E-state index in [4.69, 9.17) is 0 Å². The topological polar surface area (TPSA) is 80.3 Å². The molecule has 0 fully saturated rings. The minimum Gasteiger partial charge on any atom is -0.453 e. The zero-order chi connectivity index (χ0) is 18.7. The molecule has 0 unspecified atom stereocenters. The maximum atomic E-state index is 13.8. The van der Waals surface area contributed by atoms with Gasteiger partial charge in [0.05, 0.1) is 23.9 Å². The van der Waals surface area contributed by atoms with Crippen LogP contribution < -0.4 is 10.6 Å². The minimum atomic E-state index is -0.803. The number of aryl methyl sites for hydroxylation is 1. The molecule has 0 radical (unpaired) electrons. The smallest absolute Gasteiger partial charge is 0.411 e. The third-order valence-corrected chi connectivity index (χ3v) is 3.74. The summed E-state index contributed by atoms with van der Waals surface area (Å²) in [6.45, 7) is 1.81. The first-order chi connectivity index (χ1) is 12.5. The summed E-state index contributed by atoms with van der Waals surface area (Å²) in [4.78, 5) is 28.4. The van der Waals surface area contributed by atoms with Crippen LogP contribution in [0.25, 0.3) is 10.9 Å². The quantitative estimate of drug-likeness (QED) is 0.742. The molecule has 0 saturated carbocycles. The van der Waals surface area contributed by atoms with Gasteiger partial charge in [-0.1, -0.05) is 18.2 Å². The molecule has 0 aliphatic heterocycles. The van der Waals surface area contributed by atoms with Gasteiger partial charge in [-0.25, -0.2) is 9.18 Å². The number of carbonyl (C=O) groups is 2. The molecule has 26 heavy (non-hydrogen) atoms. The number of para-hydroxylation sites is 1. The lowest BCUT2D eigenvalue weighted by Crippen LogP contribution is -2.15. The van der Waals surface area contributed by atoms with E-state index in [0.29, 0.717) is 27.8 Å². The molecule has 2 amide bonds. The van der Waals surface area contributed by atoms with Crippen LogP contribution in [0.1, 0.15) is 16.1 Å². The second-order valence-corrected chi connectivity index (χ2v) is 5.59. The lowest BCUT2D eigenvalue weighted by Gasteiger charge is -2.11. The van der Waals surface area contributed by atoms with Gasteiger partial charge in [0.2, 0.25) is 0 Å². The van der Waals surface area contributed by atoms with Gasteiger partial charge in [-0.2, -0.15) is 0 Å². The highest BCUT2D eigenvalue weighted by molar-refractivity contribution is 6.12. The number of aromatic nitrogens is 1. The zero-order valence-electron chi connectivity index (χ0n) is 14.2. The molecule has 7 heteroatoms. The number of nitrogens with zero attached hydrogens (tertiary/aromatic N) is 1. The number of methoxy groups -OCH3 is 1. The average Bonchev–Trinajstić information content (AvgIpc) is 2.63. The molecule has 2 N–H and O–H groups in total. The van der Waals surface area contributed by atoms with Crippen LogP contribution in [0.4, 0.5) is 20.6 Å². The van der Waals surface area contributed by atoms with Crippen molar-refractivity contribution in [1.82, 2.24) is 4.98 Å². The normalized spacial score (nSPS) is 10.4. The minimum absolute atomic E-state index is 0.0922. The lowest BCUT2D eigenvalue weighted by atomic mass is 10.1. The number of amides is 2. The van der Waals surface area contributed by atoms with Gasteiger partial charge in [0.15, 0.2) is 0 Å². The molecule has 0 aliphatic rings. The zero-order valence-corrected chi connectivity index (χ0v) is 14.2. The summed E-state index contributed by atoms with van der Waals surface area (Å²) in [6.07, 6.45) is -0.803. The lowest BCUT2D eigenvalue weighted by molar-refractivity contribution is 0.102. The first kappa shape index (κ1) is 17.3. The monoisotopic (exact) mass is 353 g/mol. The standard InChI is InChI=1S/C19H16FN3O3/c1-11-9-14(13-5-3-4-6-16(13)21-11)18(24)22-12-7-8-15(20)17(10-12)23-19(25)26-2/h3-10H,1-2H3,(H,22,24)(H,23,25). The molecule has 1 heterocycles. The van der Waals surface area contributed by atoms with Gasteiger partial charge < -0.3 is 10.1 Å². The molecule has 1 aromatic heterocycles. The fourth-order valence-electron chi connectivity index (χ4n) is 2.55. The molecule has 3 rings (SSSR count). The average molecular weight is 353 g/mol. The summed E-state index contributed by atoms with van der Waals surface area (Å²) in [5.41, 5.74) is 2.12. The van der Waals surface area contributed by atoms with Crippen molar-refractivity contribution < 1.29 is 18.7 Å². The first-order valence-electron chi connectivity index (χ1n) is 7.80. The molecule has 0 bridgehead atoms. The van der Waals surface area contributed by atoms with Crippen LogP contribution >= 0.6 is 0 Å². The third kappa shape index (κ3) is 3.61. The molecule has 0 atom stereocenters. The van der Waals surface area contributed by atoms with E-state index in [1.54, 1.807) is 13.0 Å². The Labute approximate surface area is 149 Å². The summed E-state index contributed by atoms with van der Waals surface area (Å²) in [6, 6.07) is 12.9. The predicted octanol–water partition coefficient (Wildman–Crippen LogP) is 4.11. The first-order valence-corrected chi connectivity index (χ1v) is 7.80. The Kier molecular flexibility index (Phi) is 4.79. The number of hydrogen-bond donors (Lipinski definition) is 2. The van der Waals surface area contributed by atoms with Crippen LogP contribution in [0.5, 0.6) is 0 Å². The van der Waals surface area contributed by atoms with Gasteiger partial charge >= 0.3 is 6.09 Å². The SMILES string of the molecule is COC(=O)Nc1cc(NC(=O)c2cc(C)nc3ccccc23)ccc1F. The summed E-state index contributed by atoms with van der Waals surface area (Å²) in [7, 11) is 1.18. The summed E-state index contributed by atoms with van der Waals surface area (Å²) >= 11 is 0. The van der Waals surface area contributed by atoms with Crippen LogP contribution in [0.15, 0.2) is 48.5 Å². The highest BCUT2D eigenvalue weighted by Gasteiger charge is 2.14. The highest BCUT2D eigenvalue weighted by Crippen LogP contribution is 2.23. The molecular weight excluding hydrogens is 337 g/mol. The van der Waals surface area contributed by atoms with Gasteiger partial charge in [0, 0.05) is 16.8 Å². The largest absolute Gasteiger partial charge is 0.453 e. The number of halogens is 1. The van der Waals surface area contributed by atoms with Gasteiger partial charge in [-0.05, 0) is 37.3 Å². The Hall–Kier alpha value is -3.48. The molecule has 6 nitrogen and oxygen atoms in total. The van der Waals surface area contributed by atoms with E-state index in [0.717, 1.165) is 6.07 Å². The second kappa shape index (κ2) is 7.18. The van der Waals surface area contributed by atoms with Crippen LogP contribution in [0.2, 0.25) is 0 Å². The summed E-state index contributed by atoms with van der Waals surface area (Å²) < 4.78 is 18.2. The van der Waals surface area contributed by atoms with Crippen LogP contribution in [-0.4, -0.2) is 24.1 Å². The van der Waals surface area contributed by atoms with Crippen molar-refractivity contribution in [3.05, 3.63) is 65.6 Å². The molecule has 3 aromatic rings. The maximum Gasteiger partial charge on any atom is 0.411 e. The van der Waals surface area contributed by atoms with Gasteiger partial charge in [-0.3, -0.25) is 15.1 Å². The highest BCUT2D eigenvalue weighted by atomic mass is 19.1. The number of hydrogen-bond acceptors (Lipinski definition) is 4. The Morgan fingerprint density at radius 1 is 1.08 bits per heavy atom. The Bertz CT molecular complexity index is 1000. The number of fused-ring (bicyclic) bond motifs is 1. The molecule has 0 saturated heterocycles. The van der Waals surface area contributed by atoms with Crippen LogP contribution in [0.3, 0.4) is 0 Å². The van der Waals surface area contributed by atoms with Crippen molar-refractivity contribution in [2.75, 3.05) is 17.7 Å². The van der Waals surface area contributed by atoms with E-state index >= 15 is 0 Å². The summed E-state index contributed by atoms with van der Waals surface area (Å²) in [5, 5.41) is 5.68. The van der Waals surface area contributed by atoms with Gasteiger partial charge in [0.25, 0.3) is 5.91 Å². The predicted molar refractivity (Wildman–Crippen MR) is 96.9 cm³/mol. The fourth-order valence-corrected chi connectivity index (χ4v) is 2.55. The van der Waals surface area contributed by atoms with Crippen LogP contribution in [0, 0.1) is 12.7 Å². The molecule has 0 spiro atoms.